The lowest BCUT2D eigenvalue weighted by Gasteiger charge is -2.47. The van der Waals surface area contributed by atoms with Gasteiger partial charge in [0.05, 0.1) is 31.6 Å². The van der Waals surface area contributed by atoms with Gasteiger partial charge in [0.1, 0.15) is 5.82 Å². The summed E-state index contributed by atoms with van der Waals surface area (Å²) in [6, 6.07) is 19.4. The second-order valence-electron chi connectivity index (χ2n) is 15.0. The van der Waals surface area contributed by atoms with Crippen molar-refractivity contribution in [1.82, 2.24) is 9.97 Å². The molecule has 4 aromatic rings. The first-order valence-electron chi connectivity index (χ1n) is 18.0. The molecule has 0 saturated heterocycles. The highest BCUT2D eigenvalue weighted by molar-refractivity contribution is 7.10. The molecule has 8 heteroatoms. The zero-order chi connectivity index (χ0) is 33.5. The molecule has 5 aliphatic rings. The monoisotopic (exact) mass is 686 g/mol. The fourth-order valence-corrected chi connectivity index (χ4v) is 12.4. The molecule has 1 spiro atoms. The molecule has 49 heavy (non-hydrogen) atoms. The minimum absolute atomic E-state index is 0.0900. The third-order valence-corrected chi connectivity index (χ3v) is 14.4. The van der Waals surface area contributed by atoms with Crippen molar-refractivity contribution in [1.29, 1.82) is 0 Å². The summed E-state index contributed by atoms with van der Waals surface area (Å²) in [5.41, 5.74) is 10.2. The summed E-state index contributed by atoms with van der Waals surface area (Å²) in [4.78, 5) is 42.9. The lowest BCUT2D eigenvalue weighted by atomic mass is 9.61. The van der Waals surface area contributed by atoms with Crippen molar-refractivity contribution in [2.75, 3.05) is 10.2 Å². The van der Waals surface area contributed by atoms with Crippen molar-refractivity contribution >= 4 is 51.6 Å². The van der Waals surface area contributed by atoms with E-state index in [1.165, 1.54) is 12.8 Å². The molecule has 6 nitrogen and oxygen atoms in total. The maximum absolute atomic E-state index is 14.3. The number of Topliss-reactive ketones (excluding diaryl/α,β-unsaturated/α-hetero) is 2. The van der Waals surface area contributed by atoms with E-state index in [-0.39, 0.29) is 17.1 Å². The number of rotatable bonds is 5. The number of aromatic nitrogens is 2. The number of fused-ring (bicyclic) bond motifs is 2. The quantitative estimate of drug-likeness (QED) is 0.225. The number of nitrogens with zero attached hydrogens (tertiary/aromatic N) is 3. The second-order valence-corrected chi connectivity index (χ2v) is 16.7. The van der Waals surface area contributed by atoms with Crippen LogP contribution in [0, 0.1) is 11.3 Å². The molecule has 1 N–H and O–H groups in total. The summed E-state index contributed by atoms with van der Waals surface area (Å²) < 4.78 is 0. The first kappa shape index (κ1) is 31.1. The number of anilines is 3. The SMILES string of the molecule is CC[C@@]1(c2ccc(N3C4=C(C(=O)C[C@H](C)C4)[C@@](CC)(c4ccccc4)c4scnc43)cc2)C2=C(CC3(CCCC3)CC2=O)Nc2ncsc21. The molecule has 1 fully saturated rings. The molecule has 4 heterocycles. The molecule has 3 aliphatic carbocycles. The van der Waals surface area contributed by atoms with Gasteiger partial charge in [-0.1, -0.05) is 76.1 Å². The van der Waals surface area contributed by atoms with Crippen molar-refractivity contribution in [2.24, 2.45) is 11.3 Å². The minimum atomic E-state index is -0.551. The average molecular weight is 687 g/mol. The maximum atomic E-state index is 14.3. The van der Waals surface area contributed by atoms with Gasteiger partial charge in [-0.25, -0.2) is 9.97 Å². The zero-order valence-corrected chi connectivity index (χ0v) is 30.1. The van der Waals surface area contributed by atoms with Crippen LogP contribution in [0.4, 0.5) is 17.3 Å². The third kappa shape index (κ3) is 4.29. The number of carbonyl (C=O) groups is 2. The van der Waals surface area contributed by atoms with Gasteiger partial charge in [-0.3, -0.25) is 14.5 Å². The van der Waals surface area contributed by atoms with E-state index in [1.807, 2.05) is 17.1 Å². The van der Waals surface area contributed by atoms with E-state index in [0.717, 1.165) is 99.3 Å². The van der Waals surface area contributed by atoms with Crippen LogP contribution >= 0.6 is 22.7 Å². The van der Waals surface area contributed by atoms with Gasteiger partial charge < -0.3 is 5.32 Å². The van der Waals surface area contributed by atoms with Gasteiger partial charge in [0.2, 0.25) is 0 Å². The highest BCUT2D eigenvalue weighted by atomic mass is 32.1. The fourth-order valence-electron chi connectivity index (χ4n) is 10.3. The maximum Gasteiger partial charge on any atom is 0.162 e. The van der Waals surface area contributed by atoms with Gasteiger partial charge in [0, 0.05) is 41.1 Å². The Morgan fingerprint density at radius 1 is 0.796 bits per heavy atom. The molecule has 0 amide bonds. The van der Waals surface area contributed by atoms with Gasteiger partial charge in [-0.2, -0.15) is 0 Å². The van der Waals surface area contributed by atoms with Crippen LogP contribution < -0.4 is 10.2 Å². The molecule has 0 unspecified atom stereocenters. The van der Waals surface area contributed by atoms with Gasteiger partial charge >= 0.3 is 0 Å². The van der Waals surface area contributed by atoms with Crippen LogP contribution in [0.15, 0.2) is 88.2 Å². The highest BCUT2D eigenvalue weighted by Gasteiger charge is 2.54. The van der Waals surface area contributed by atoms with Crippen LogP contribution in [0.1, 0.15) is 106 Å². The molecular weight excluding hydrogens is 645 g/mol. The van der Waals surface area contributed by atoms with Crippen molar-refractivity contribution in [3.05, 3.63) is 109 Å². The average Bonchev–Trinajstić information content (AvgIpc) is 3.89. The normalized spacial score (nSPS) is 27.2. The molecule has 2 aromatic heterocycles. The Labute approximate surface area is 296 Å². The molecule has 2 aliphatic heterocycles. The highest BCUT2D eigenvalue weighted by Crippen LogP contribution is 2.60. The number of nitrogens with one attached hydrogen (secondary N) is 1. The van der Waals surface area contributed by atoms with Gasteiger partial charge in [-0.15, -0.1) is 22.7 Å². The number of allylic oxidation sites excluding steroid dienone is 4. The summed E-state index contributed by atoms with van der Waals surface area (Å²) in [6.45, 7) is 6.61. The number of ketones is 2. The Balaban J connectivity index is 1.20. The van der Waals surface area contributed by atoms with Gasteiger partial charge in [0.15, 0.2) is 17.4 Å². The van der Waals surface area contributed by atoms with E-state index in [2.05, 4.69) is 79.5 Å². The van der Waals surface area contributed by atoms with E-state index < -0.39 is 10.8 Å². The lowest BCUT2D eigenvalue weighted by molar-refractivity contribution is -0.119. The van der Waals surface area contributed by atoms with Crippen LogP contribution in [-0.2, 0) is 20.4 Å². The lowest BCUT2D eigenvalue weighted by Crippen LogP contribution is -2.44. The number of benzene rings is 2. The van der Waals surface area contributed by atoms with Crippen molar-refractivity contribution in [2.45, 2.75) is 95.8 Å². The summed E-state index contributed by atoms with van der Waals surface area (Å²) in [6.07, 6.45) is 9.19. The predicted molar refractivity (Wildman–Crippen MR) is 198 cm³/mol. The number of hydrogen-bond acceptors (Lipinski definition) is 8. The smallest absolute Gasteiger partial charge is 0.162 e. The molecule has 250 valence electrons. The van der Waals surface area contributed by atoms with Crippen LogP contribution in [0.25, 0.3) is 0 Å². The molecule has 0 bridgehead atoms. The first-order chi connectivity index (χ1) is 23.8. The standard InChI is InChI=1S/C41H42N4O2S2/c1-4-40(33-29(44-37-35(40)48-23-42-37)21-39(22-32(33)47)17-9-10-18-39)27-13-15-28(16-14-27)45-30-19-25(3)20-31(46)34(30)41(5-2,26-11-7-6-8-12-26)36-38(45)43-24-49-36/h6-8,11-16,23-25,44H,4-5,9-10,17-22H2,1-3H3/t25-,40-,41-/m1/s1. The molecular formula is C41H42N4O2S2. The van der Waals surface area contributed by atoms with Crippen LogP contribution in [0.5, 0.6) is 0 Å². The Kier molecular flexibility index (Phi) is 7.19. The van der Waals surface area contributed by atoms with Crippen LogP contribution in [-0.4, -0.2) is 21.5 Å². The van der Waals surface area contributed by atoms with Crippen molar-refractivity contribution in [3.63, 3.8) is 0 Å². The van der Waals surface area contributed by atoms with Crippen molar-refractivity contribution < 1.29 is 9.59 Å². The van der Waals surface area contributed by atoms with E-state index in [0.29, 0.717) is 18.6 Å². The minimum Gasteiger partial charge on any atom is -0.342 e. The summed E-state index contributed by atoms with van der Waals surface area (Å²) in [5.74, 6) is 2.61. The zero-order valence-electron chi connectivity index (χ0n) is 28.5. The summed E-state index contributed by atoms with van der Waals surface area (Å²) in [5, 5.41) is 3.66. The molecule has 3 atom stereocenters. The van der Waals surface area contributed by atoms with Gasteiger partial charge in [-0.05, 0) is 73.1 Å². The largest absolute Gasteiger partial charge is 0.342 e. The molecule has 0 radical (unpaired) electrons. The fraction of sp³-hybridized carbons (Fsp3) is 0.415. The first-order valence-corrected chi connectivity index (χ1v) is 19.8. The topological polar surface area (TPSA) is 75.2 Å². The Bertz CT molecular complexity index is 2050. The van der Waals surface area contributed by atoms with Gasteiger partial charge in [0.25, 0.3) is 0 Å². The Morgan fingerprint density at radius 2 is 1.47 bits per heavy atom. The van der Waals surface area contributed by atoms with E-state index >= 15 is 0 Å². The van der Waals surface area contributed by atoms with Crippen LogP contribution in [0.2, 0.25) is 0 Å². The third-order valence-electron chi connectivity index (χ3n) is 12.4. The predicted octanol–water partition coefficient (Wildman–Crippen LogP) is 10.00. The summed E-state index contributed by atoms with van der Waals surface area (Å²) >= 11 is 3.30. The molecule has 1 saturated carbocycles. The van der Waals surface area contributed by atoms with Crippen molar-refractivity contribution in [3.8, 4) is 0 Å². The number of hydrogen-bond donors (Lipinski definition) is 1. The number of thiazole rings is 2. The van der Waals surface area contributed by atoms with E-state index in [1.54, 1.807) is 22.7 Å². The van der Waals surface area contributed by atoms with Crippen LogP contribution in [0.3, 0.4) is 0 Å². The molecule has 9 rings (SSSR count). The second kappa shape index (κ2) is 11.3. The van der Waals surface area contributed by atoms with E-state index in [9.17, 15) is 9.59 Å². The Morgan fingerprint density at radius 3 is 2.20 bits per heavy atom. The molecule has 2 aromatic carbocycles. The Hall–Kier alpha value is -3.88. The summed E-state index contributed by atoms with van der Waals surface area (Å²) in [7, 11) is 0. The number of carbonyl (C=O) groups excluding carboxylic acids is 2. The van der Waals surface area contributed by atoms with E-state index in [4.69, 9.17) is 9.97 Å².